The number of anilines is 1. The van der Waals surface area contributed by atoms with Crippen molar-refractivity contribution in [3.8, 4) is 0 Å². The van der Waals surface area contributed by atoms with E-state index >= 15 is 0 Å². The minimum absolute atomic E-state index is 0.0197. The van der Waals surface area contributed by atoms with Gasteiger partial charge in [-0.25, -0.2) is 0 Å². The summed E-state index contributed by atoms with van der Waals surface area (Å²) in [4.78, 5) is 13.1. The Balaban J connectivity index is 1.87. The maximum atomic E-state index is 12.0. The Labute approximate surface area is 137 Å². The van der Waals surface area contributed by atoms with Crippen molar-refractivity contribution in [2.24, 2.45) is 0 Å². The van der Waals surface area contributed by atoms with Gasteiger partial charge in [-0.2, -0.15) is 0 Å². The molecule has 0 radical (unpaired) electrons. The quantitative estimate of drug-likeness (QED) is 0.642. The molecule has 2 rings (SSSR count). The maximum absolute atomic E-state index is 12.0. The standard InChI is InChI=1S/C16H17BrN2OS/c1-12-10-13(17)8-9-15(12)21-11-16(20)18-19(2)14-6-4-3-5-7-14/h3-10H,11H2,1-2H3,(H,18,20). The van der Waals surface area contributed by atoms with Crippen LogP contribution in [0.2, 0.25) is 0 Å². The Hall–Kier alpha value is -1.46. The van der Waals surface area contributed by atoms with Crippen LogP contribution in [0.25, 0.3) is 0 Å². The number of hydrogen-bond donors (Lipinski definition) is 1. The number of carbonyl (C=O) groups is 1. The molecule has 0 aliphatic carbocycles. The highest BCUT2D eigenvalue weighted by Crippen LogP contribution is 2.25. The topological polar surface area (TPSA) is 32.3 Å². The molecule has 0 aromatic heterocycles. The minimum atomic E-state index is -0.0197. The molecule has 21 heavy (non-hydrogen) atoms. The first-order valence-electron chi connectivity index (χ1n) is 6.53. The van der Waals surface area contributed by atoms with Crippen LogP contribution in [0.1, 0.15) is 5.56 Å². The van der Waals surface area contributed by atoms with Crippen LogP contribution in [-0.4, -0.2) is 18.7 Å². The predicted octanol–water partition coefficient (Wildman–Crippen LogP) is 4.02. The van der Waals surface area contributed by atoms with Crippen LogP contribution in [-0.2, 0) is 4.79 Å². The third kappa shape index (κ3) is 4.79. The molecule has 0 saturated carbocycles. The Morgan fingerprint density at radius 3 is 2.62 bits per heavy atom. The highest BCUT2D eigenvalue weighted by Gasteiger charge is 2.08. The lowest BCUT2D eigenvalue weighted by atomic mass is 10.2. The molecule has 0 heterocycles. The molecule has 2 aromatic carbocycles. The molecular formula is C16H17BrN2OS. The number of carbonyl (C=O) groups excluding carboxylic acids is 1. The lowest BCUT2D eigenvalue weighted by Crippen LogP contribution is -2.40. The van der Waals surface area contributed by atoms with Crippen LogP contribution in [0, 0.1) is 6.92 Å². The summed E-state index contributed by atoms with van der Waals surface area (Å²) >= 11 is 4.98. The van der Waals surface area contributed by atoms with Gasteiger partial charge in [-0.1, -0.05) is 34.1 Å². The lowest BCUT2D eigenvalue weighted by molar-refractivity contribution is -0.118. The van der Waals surface area contributed by atoms with Crippen molar-refractivity contribution in [2.75, 3.05) is 17.8 Å². The maximum Gasteiger partial charge on any atom is 0.248 e. The van der Waals surface area contributed by atoms with Crippen molar-refractivity contribution in [1.29, 1.82) is 0 Å². The van der Waals surface area contributed by atoms with Crippen molar-refractivity contribution < 1.29 is 4.79 Å². The van der Waals surface area contributed by atoms with E-state index in [0.717, 1.165) is 15.1 Å². The number of aryl methyl sites for hydroxylation is 1. The van der Waals surface area contributed by atoms with Gasteiger partial charge in [-0.05, 0) is 42.8 Å². The van der Waals surface area contributed by atoms with E-state index < -0.39 is 0 Å². The van der Waals surface area contributed by atoms with Crippen molar-refractivity contribution in [2.45, 2.75) is 11.8 Å². The molecule has 0 unspecified atom stereocenters. The van der Waals surface area contributed by atoms with Gasteiger partial charge in [0.2, 0.25) is 5.91 Å². The average Bonchev–Trinajstić information content (AvgIpc) is 2.47. The van der Waals surface area contributed by atoms with E-state index in [1.807, 2.05) is 56.4 Å². The molecule has 3 nitrogen and oxygen atoms in total. The van der Waals surface area contributed by atoms with Crippen LogP contribution >= 0.6 is 27.7 Å². The smallest absolute Gasteiger partial charge is 0.248 e. The van der Waals surface area contributed by atoms with E-state index in [-0.39, 0.29) is 5.91 Å². The molecule has 1 N–H and O–H groups in total. The monoisotopic (exact) mass is 364 g/mol. The molecule has 0 fully saturated rings. The summed E-state index contributed by atoms with van der Waals surface area (Å²) < 4.78 is 1.05. The second-order valence-electron chi connectivity index (χ2n) is 4.63. The zero-order valence-corrected chi connectivity index (χ0v) is 14.4. The summed E-state index contributed by atoms with van der Waals surface area (Å²) in [6.45, 7) is 2.04. The van der Waals surface area contributed by atoms with Gasteiger partial charge in [-0.3, -0.25) is 15.2 Å². The van der Waals surface area contributed by atoms with Gasteiger partial charge in [0.25, 0.3) is 0 Å². The normalized spacial score (nSPS) is 10.2. The van der Waals surface area contributed by atoms with Gasteiger partial charge >= 0.3 is 0 Å². The number of hydrazine groups is 1. The molecule has 1 amide bonds. The fraction of sp³-hybridized carbons (Fsp3) is 0.188. The van der Waals surface area contributed by atoms with Crippen molar-refractivity contribution >= 4 is 39.3 Å². The molecule has 0 bridgehead atoms. The number of nitrogens with one attached hydrogen (secondary N) is 1. The Bertz CT molecular complexity index is 619. The second-order valence-corrected chi connectivity index (χ2v) is 6.56. The fourth-order valence-electron chi connectivity index (χ4n) is 1.85. The summed E-state index contributed by atoms with van der Waals surface area (Å²) in [5.74, 6) is 0.369. The zero-order chi connectivity index (χ0) is 15.2. The van der Waals surface area contributed by atoms with E-state index in [0.29, 0.717) is 5.75 Å². The summed E-state index contributed by atoms with van der Waals surface area (Å²) in [6, 6.07) is 15.8. The van der Waals surface area contributed by atoms with Crippen LogP contribution in [0.5, 0.6) is 0 Å². The fourth-order valence-corrected chi connectivity index (χ4v) is 3.13. The molecule has 5 heteroatoms. The van der Waals surface area contributed by atoms with Crippen LogP contribution in [0.3, 0.4) is 0 Å². The summed E-state index contributed by atoms with van der Waals surface area (Å²) in [5.41, 5.74) is 4.98. The Morgan fingerprint density at radius 1 is 1.24 bits per heavy atom. The molecule has 0 aliphatic heterocycles. The van der Waals surface area contributed by atoms with E-state index in [2.05, 4.69) is 27.4 Å². The SMILES string of the molecule is Cc1cc(Br)ccc1SCC(=O)NN(C)c1ccccc1. The zero-order valence-electron chi connectivity index (χ0n) is 12.0. The first-order valence-corrected chi connectivity index (χ1v) is 8.31. The summed E-state index contributed by atoms with van der Waals surface area (Å²) in [6.07, 6.45) is 0. The number of para-hydroxylation sites is 1. The van der Waals surface area contributed by atoms with Crippen molar-refractivity contribution in [3.63, 3.8) is 0 Å². The van der Waals surface area contributed by atoms with Crippen LogP contribution in [0.15, 0.2) is 57.9 Å². The number of thioether (sulfide) groups is 1. The molecular weight excluding hydrogens is 348 g/mol. The van der Waals surface area contributed by atoms with Gasteiger partial charge in [0.05, 0.1) is 11.4 Å². The highest BCUT2D eigenvalue weighted by atomic mass is 79.9. The van der Waals surface area contributed by atoms with Gasteiger partial charge in [-0.15, -0.1) is 11.8 Å². The number of nitrogens with zero attached hydrogens (tertiary/aromatic N) is 1. The predicted molar refractivity (Wildman–Crippen MR) is 92.6 cm³/mol. The molecule has 110 valence electrons. The summed E-state index contributed by atoms with van der Waals surface area (Å²) in [5, 5.41) is 1.73. The molecule has 0 saturated heterocycles. The number of hydrogen-bond acceptors (Lipinski definition) is 3. The number of rotatable bonds is 5. The number of benzene rings is 2. The minimum Gasteiger partial charge on any atom is -0.289 e. The molecule has 0 atom stereocenters. The third-order valence-corrected chi connectivity index (χ3v) is 4.60. The van der Waals surface area contributed by atoms with Crippen LogP contribution < -0.4 is 10.4 Å². The van der Waals surface area contributed by atoms with E-state index in [9.17, 15) is 4.79 Å². The largest absolute Gasteiger partial charge is 0.289 e. The second kappa shape index (κ2) is 7.52. The Morgan fingerprint density at radius 2 is 1.95 bits per heavy atom. The van der Waals surface area contributed by atoms with Crippen molar-refractivity contribution in [1.82, 2.24) is 5.43 Å². The van der Waals surface area contributed by atoms with Gasteiger partial charge in [0, 0.05) is 16.4 Å². The molecule has 0 spiro atoms. The first kappa shape index (κ1) is 15.9. The van der Waals surface area contributed by atoms with Crippen molar-refractivity contribution in [3.05, 3.63) is 58.6 Å². The number of amides is 1. The third-order valence-electron chi connectivity index (χ3n) is 2.93. The van der Waals surface area contributed by atoms with E-state index in [1.165, 1.54) is 5.56 Å². The number of halogens is 1. The van der Waals surface area contributed by atoms with Crippen LogP contribution in [0.4, 0.5) is 5.69 Å². The van der Waals surface area contributed by atoms with Gasteiger partial charge in [0.15, 0.2) is 0 Å². The first-order chi connectivity index (χ1) is 10.1. The van der Waals surface area contributed by atoms with Gasteiger partial charge < -0.3 is 0 Å². The Kier molecular flexibility index (Phi) is 5.70. The summed E-state index contributed by atoms with van der Waals surface area (Å²) in [7, 11) is 1.84. The van der Waals surface area contributed by atoms with E-state index in [1.54, 1.807) is 16.8 Å². The van der Waals surface area contributed by atoms with Gasteiger partial charge in [0.1, 0.15) is 0 Å². The lowest BCUT2D eigenvalue weighted by Gasteiger charge is -2.20. The highest BCUT2D eigenvalue weighted by molar-refractivity contribution is 9.10. The molecule has 2 aromatic rings. The molecule has 0 aliphatic rings. The van der Waals surface area contributed by atoms with E-state index in [4.69, 9.17) is 0 Å². The average molecular weight is 365 g/mol.